The molecule has 0 aliphatic heterocycles. The van der Waals surface area contributed by atoms with Crippen LogP contribution in [-0.4, -0.2) is 12.8 Å². The Hall–Kier alpha value is -2.78. The van der Waals surface area contributed by atoms with E-state index in [0.717, 1.165) is 33.3 Å². The van der Waals surface area contributed by atoms with Crippen molar-refractivity contribution in [1.82, 2.24) is 0 Å². The normalized spacial score (nSPS) is 10.8. The molecule has 0 aliphatic carbocycles. The fraction of sp³-hybridized carbons (Fsp3) is 0.136. The summed E-state index contributed by atoms with van der Waals surface area (Å²) >= 11 is 5.88. The maximum Gasteiger partial charge on any atom is 0.119 e. The highest BCUT2D eigenvalue weighted by Crippen LogP contribution is 2.19. The fourth-order valence-electron chi connectivity index (χ4n) is 2.34. The molecule has 0 saturated carbocycles. The first kappa shape index (κ1) is 18.0. The summed E-state index contributed by atoms with van der Waals surface area (Å²) in [6, 6.07) is 23.2. The van der Waals surface area contributed by atoms with E-state index >= 15 is 0 Å². The molecule has 0 saturated heterocycles. The van der Waals surface area contributed by atoms with Crippen molar-refractivity contribution in [1.29, 1.82) is 0 Å². The van der Waals surface area contributed by atoms with Crippen LogP contribution in [0.25, 0.3) is 0 Å². The number of ether oxygens (including phenoxy) is 2. The lowest BCUT2D eigenvalue weighted by Gasteiger charge is -2.06. The van der Waals surface area contributed by atoms with Crippen molar-refractivity contribution in [2.75, 3.05) is 6.61 Å². The molecular weight excluding hydrogens is 346 g/mol. The Bertz CT molecular complexity index is 841. The standard InChI is InChI=1S/C22H20ClNO2/c1-2-25-21-13-9-20(10-14-21)24-15-17-5-11-22(12-6-17)26-16-18-3-7-19(23)8-4-18/h3-15H,2,16H2,1H3. The molecule has 0 fully saturated rings. The molecule has 0 radical (unpaired) electrons. The molecule has 3 rings (SSSR count). The molecule has 26 heavy (non-hydrogen) atoms. The van der Waals surface area contributed by atoms with E-state index in [0.29, 0.717) is 13.2 Å². The Morgan fingerprint density at radius 1 is 0.808 bits per heavy atom. The number of rotatable bonds is 7. The van der Waals surface area contributed by atoms with Crippen LogP contribution < -0.4 is 9.47 Å². The average molecular weight is 366 g/mol. The van der Waals surface area contributed by atoms with Gasteiger partial charge in [-0.15, -0.1) is 0 Å². The third kappa shape index (κ3) is 5.36. The van der Waals surface area contributed by atoms with Crippen molar-refractivity contribution in [3.05, 3.63) is 88.9 Å². The Labute approximate surface area is 158 Å². The maximum atomic E-state index is 5.88. The van der Waals surface area contributed by atoms with Gasteiger partial charge < -0.3 is 9.47 Å². The van der Waals surface area contributed by atoms with Crippen LogP contribution in [0.5, 0.6) is 11.5 Å². The molecule has 0 aliphatic rings. The molecule has 0 bridgehead atoms. The summed E-state index contributed by atoms with van der Waals surface area (Å²) < 4.78 is 11.2. The molecule has 0 unspecified atom stereocenters. The molecule has 3 aromatic carbocycles. The van der Waals surface area contributed by atoms with Crippen LogP contribution >= 0.6 is 11.6 Å². The van der Waals surface area contributed by atoms with Gasteiger partial charge >= 0.3 is 0 Å². The van der Waals surface area contributed by atoms with Gasteiger partial charge in [0, 0.05) is 11.2 Å². The van der Waals surface area contributed by atoms with Crippen LogP contribution in [0.1, 0.15) is 18.1 Å². The predicted molar refractivity (Wildman–Crippen MR) is 107 cm³/mol. The zero-order chi connectivity index (χ0) is 18.2. The minimum Gasteiger partial charge on any atom is -0.494 e. The van der Waals surface area contributed by atoms with Gasteiger partial charge in [-0.05, 0) is 78.7 Å². The summed E-state index contributed by atoms with van der Waals surface area (Å²) in [5, 5.41) is 0.727. The Kier molecular flexibility index (Phi) is 6.29. The molecule has 0 spiro atoms. The SMILES string of the molecule is CCOc1ccc(N=Cc2ccc(OCc3ccc(Cl)cc3)cc2)cc1. The highest BCUT2D eigenvalue weighted by atomic mass is 35.5. The number of aliphatic imine (C=N–C) groups is 1. The van der Waals surface area contributed by atoms with E-state index in [9.17, 15) is 0 Å². The first-order valence-electron chi connectivity index (χ1n) is 8.47. The minimum absolute atomic E-state index is 0.511. The third-order valence-electron chi connectivity index (χ3n) is 3.71. The minimum atomic E-state index is 0.511. The molecule has 0 heterocycles. The largest absolute Gasteiger partial charge is 0.494 e. The van der Waals surface area contributed by atoms with Gasteiger partial charge in [0.2, 0.25) is 0 Å². The molecule has 0 aromatic heterocycles. The van der Waals surface area contributed by atoms with Crippen molar-refractivity contribution >= 4 is 23.5 Å². The second kappa shape index (κ2) is 9.07. The molecule has 0 N–H and O–H groups in total. The number of benzene rings is 3. The van der Waals surface area contributed by atoms with Gasteiger partial charge in [-0.25, -0.2) is 0 Å². The van der Waals surface area contributed by atoms with Gasteiger partial charge in [0.1, 0.15) is 18.1 Å². The maximum absolute atomic E-state index is 5.88. The number of halogens is 1. The topological polar surface area (TPSA) is 30.8 Å². The second-order valence-corrected chi connectivity index (χ2v) is 6.11. The summed E-state index contributed by atoms with van der Waals surface area (Å²) in [5.74, 6) is 1.67. The zero-order valence-corrected chi connectivity index (χ0v) is 15.3. The van der Waals surface area contributed by atoms with E-state index in [1.54, 1.807) is 0 Å². The van der Waals surface area contributed by atoms with E-state index in [-0.39, 0.29) is 0 Å². The molecule has 4 heteroatoms. The van der Waals surface area contributed by atoms with Crippen LogP contribution in [0.3, 0.4) is 0 Å². The second-order valence-electron chi connectivity index (χ2n) is 5.67. The summed E-state index contributed by atoms with van der Waals surface area (Å²) in [5.41, 5.74) is 2.98. The van der Waals surface area contributed by atoms with Gasteiger partial charge in [-0.3, -0.25) is 4.99 Å². The lowest BCUT2D eigenvalue weighted by Crippen LogP contribution is -1.95. The van der Waals surface area contributed by atoms with Gasteiger partial charge in [-0.2, -0.15) is 0 Å². The van der Waals surface area contributed by atoms with Crippen molar-refractivity contribution in [2.45, 2.75) is 13.5 Å². The van der Waals surface area contributed by atoms with E-state index in [2.05, 4.69) is 4.99 Å². The van der Waals surface area contributed by atoms with Crippen molar-refractivity contribution in [2.24, 2.45) is 4.99 Å². The first-order chi connectivity index (χ1) is 12.7. The van der Waals surface area contributed by atoms with Gasteiger partial charge in [0.05, 0.1) is 12.3 Å². The van der Waals surface area contributed by atoms with Gasteiger partial charge in [-0.1, -0.05) is 23.7 Å². The lowest BCUT2D eigenvalue weighted by atomic mass is 10.2. The van der Waals surface area contributed by atoms with Crippen LogP contribution in [0, 0.1) is 0 Å². The smallest absolute Gasteiger partial charge is 0.119 e. The molecule has 3 nitrogen and oxygen atoms in total. The Morgan fingerprint density at radius 2 is 1.42 bits per heavy atom. The highest BCUT2D eigenvalue weighted by Gasteiger charge is 1.97. The monoisotopic (exact) mass is 365 g/mol. The highest BCUT2D eigenvalue weighted by molar-refractivity contribution is 6.30. The summed E-state index contributed by atoms with van der Waals surface area (Å²) in [7, 11) is 0. The van der Waals surface area contributed by atoms with Crippen LogP contribution in [0.15, 0.2) is 77.8 Å². The molecule has 0 atom stereocenters. The van der Waals surface area contributed by atoms with Gasteiger partial charge in [0.25, 0.3) is 0 Å². The van der Waals surface area contributed by atoms with Crippen molar-refractivity contribution < 1.29 is 9.47 Å². The van der Waals surface area contributed by atoms with E-state index in [1.165, 1.54) is 0 Å². The number of hydrogen-bond acceptors (Lipinski definition) is 3. The molecule has 0 amide bonds. The van der Waals surface area contributed by atoms with Gasteiger partial charge in [0.15, 0.2) is 0 Å². The number of nitrogens with zero attached hydrogens (tertiary/aromatic N) is 1. The third-order valence-corrected chi connectivity index (χ3v) is 3.96. The van der Waals surface area contributed by atoms with E-state index in [1.807, 2.05) is 85.9 Å². The van der Waals surface area contributed by atoms with Crippen LogP contribution in [0.2, 0.25) is 5.02 Å². The quantitative estimate of drug-likeness (QED) is 0.476. The summed E-state index contributed by atoms with van der Waals surface area (Å²) in [6.07, 6.45) is 1.83. The zero-order valence-electron chi connectivity index (χ0n) is 14.6. The Balaban J connectivity index is 1.55. The van der Waals surface area contributed by atoms with E-state index < -0.39 is 0 Å². The number of hydrogen-bond donors (Lipinski definition) is 0. The molecular formula is C22H20ClNO2. The van der Waals surface area contributed by atoms with E-state index in [4.69, 9.17) is 21.1 Å². The summed E-state index contributed by atoms with van der Waals surface area (Å²) in [6.45, 7) is 3.14. The molecule has 3 aromatic rings. The molecule has 132 valence electrons. The summed E-state index contributed by atoms with van der Waals surface area (Å²) in [4.78, 5) is 4.48. The predicted octanol–water partition coefficient (Wildman–Crippen LogP) is 6.07. The average Bonchev–Trinajstić information content (AvgIpc) is 2.68. The first-order valence-corrected chi connectivity index (χ1v) is 8.85. The lowest BCUT2D eigenvalue weighted by molar-refractivity contribution is 0.306. The Morgan fingerprint density at radius 3 is 2.08 bits per heavy atom. The van der Waals surface area contributed by atoms with Crippen molar-refractivity contribution in [3.8, 4) is 11.5 Å². The fourth-order valence-corrected chi connectivity index (χ4v) is 2.47. The van der Waals surface area contributed by atoms with Crippen LogP contribution in [-0.2, 0) is 6.61 Å². The van der Waals surface area contributed by atoms with Crippen molar-refractivity contribution in [3.63, 3.8) is 0 Å². The van der Waals surface area contributed by atoms with Crippen LogP contribution in [0.4, 0.5) is 5.69 Å².